The summed E-state index contributed by atoms with van der Waals surface area (Å²) in [5, 5.41) is 12.4. The van der Waals surface area contributed by atoms with Gasteiger partial charge in [0, 0.05) is 12.7 Å². The number of nitrogens with one attached hydrogen (secondary N) is 1. The van der Waals surface area contributed by atoms with Gasteiger partial charge in [-0.05, 0) is 43.4 Å². The third-order valence-corrected chi connectivity index (χ3v) is 5.54. The van der Waals surface area contributed by atoms with Gasteiger partial charge >= 0.3 is 0 Å². The highest BCUT2D eigenvalue weighted by Crippen LogP contribution is 2.31. The van der Waals surface area contributed by atoms with Gasteiger partial charge in [0.25, 0.3) is 10.0 Å². The van der Waals surface area contributed by atoms with Crippen molar-refractivity contribution in [3.05, 3.63) is 42.0 Å². The molecule has 0 aromatic carbocycles. The van der Waals surface area contributed by atoms with E-state index in [1.807, 2.05) is 25.3 Å². The summed E-state index contributed by atoms with van der Waals surface area (Å²) in [5.41, 5.74) is 1.74. The summed E-state index contributed by atoms with van der Waals surface area (Å²) < 4.78 is 31.1. The predicted molar refractivity (Wildman–Crippen MR) is 86.7 cm³/mol. The first kappa shape index (κ1) is 15.3. The first-order valence-corrected chi connectivity index (χ1v) is 9.33. The summed E-state index contributed by atoms with van der Waals surface area (Å²) >= 11 is 0. The first-order chi connectivity index (χ1) is 11.5. The maximum absolute atomic E-state index is 12.6. The Morgan fingerprint density at radius 1 is 1.25 bits per heavy atom. The predicted octanol–water partition coefficient (Wildman–Crippen LogP) is 1.12. The van der Waals surface area contributed by atoms with Crippen LogP contribution in [0, 0.1) is 12.8 Å². The normalized spacial score (nSPS) is 15.2. The minimum absolute atomic E-state index is 0.0710. The number of fused-ring (bicyclic) bond motifs is 1. The van der Waals surface area contributed by atoms with Crippen LogP contribution in [-0.4, -0.2) is 32.8 Å². The minimum atomic E-state index is -3.65. The van der Waals surface area contributed by atoms with Crippen molar-refractivity contribution in [2.24, 2.45) is 5.92 Å². The van der Waals surface area contributed by atoms with Crippen molar-refractivity contribution >= 4 is 15.7 Å². The Bertz CT molecular complexity index is 986. The van der Waals surface area contributed by atoms with E-state index < -0.39 is 10.0 Å². The van der Waals surface area contributed by atoms with Crippen LogP contribution in [0.5, 0.6) is 0 Å². The SMILES string of the molecule is Cc1ccc2nnc(CNS(=O)(=O)c3ccnn3CC3CC3)n2c1. The van der Waals surface area contributed by atoms with Crippen LogP contribution in [0.2, 0.25) is 0 Å². The van der Waals surface area contributed by atoms with Gasteiger partial charge in [0.1, 0.15) is 0 Å². The van der Waals surface area contributed by atoms with Gasteiger partial charge in [0.15, 0.2) is 16.5 Å². The highest BCUT2D eigenvalue weighted by molar-refractivity contribution is 7.89. The number of rotatable bonds is 6. The van der Waals surface area contributed by atoms with Crippen LogP contribution < -0.4 is 4.72 Å². The van der Waals surface area contributed by atoms with Gasteiger partial charge in [0.2, 0.25) is 0 Å². The van der Waals surface area contributed by atoms with Crippen LogP contribution >= 0.6 is 0 Å². The van der Waals surface area contributed by atoms with Crippen molar-refractivity contribution < 1.29 is 8.42 Å². The quantitative estimate of drug-likeness (QED) is 0.722. The zero-order valence-corrected chi connectivity index (χ0v) is 14.1. The highest BCUT2D eigenvalue weighted by atomic mass is 32.2. The summed E-state index contributed by atoms with van der Waals surface area (Å²) in [7, 11) is -3.65. The van der Waals surface area contributed by atoms with E-state index in [0.717, 1.165) is 18.4 Å². The van der Waals surface area contributed by atoms with Crippen molar-refractivity contribution in [2.45, 2.75) is 37.9 Å². The third-order valence-electron chi connectivity index (χ3n) is 4.12. The highest BCUT2D eigenvalue weighted by Gasteiger charge is 2.26. The van der Waals surface area contributed by atoms with Crippen LogP contribution in [0.4, 0.5) is 0 Å². The fraction of sp³-hybridized carbons (Fsp3) is 0.400. The lowest BCUT2D eigenvalue weighted by Crippen LogP contribution is -2.27. The van der Waals surface area contributed by atoms with Gasteiger partial charge in [-0.25, -0.2) is 13.1 Å². The summed E-state index contributed by atoms with van der Waals surface area (Å²) in [6.45, 7) is 2.68. The molecule has 3 heterocycles. The molecule has 0 atom stereocenters. The largest absolute Gasteiger partial charge is 0.285 e. The number of aromatic nitrogens is 5. The van der Waals surface area contributed by atoms with E-state index in [1.165, 1.54) is 12.3 Å². The van der Waals surface area contributed by atoms with E-state index in [2.05, 4.69) is 20.0 Å². The van der Waals surface area contributed by atoms with Gasteiger partial charge in [-0.3, -0.25) is 9.08 Å². The first-order valence-electron chi connectivity index (χ1n) is 7.85. The average molecular weight is 346 g/mol. The molecule has 3 aromatic heterocycles. The fourth-order valence-electron chi connectivity index (χ4n) is 2.63. The monoisotopic (exact) mass is 346 g/mol. The molecule has 0 saturated heterocycles. The molecule has 1 N–H and O–H groups in total. The Balaban J connectivity index is 1.55. The van der Waals surface area contributed by atoms with Crippen LogP contribution in [0.15, 0.2) is 35.6 Å². The van der Waals surface area contributed by atoms with Crippen LogP contribution in [-0.2, 0) is 23.1 Å². The molecule has 0 radical (unpaired) electrons. The molecule has 3 aromatic rings. The fourth-order valence-corrected chi connectivity index (χ4v) is 3.74. The van der Waals surface area contributed by atoms with E-state index >= 15 is 0 Å². The molecular weight excluding hydrogens is 328 g/mol. The average Bonchev–Trinajstić information content (AvgIpc) is 3.07. The van der Waals surface area contributed by atoms with Gasteiger partial charge < -0.3 is 0 Å². The lowest BCUT2D eigenvalue weighted by atomic mass is 10.3. The van der Waals surface area contributed by atoms with Crippen LogP contribution in [0.25, 0.3) is 5.65 Å². The molecule has 1 fully saturated rings. The van der Waals surface area contributed by atoms with Gasteiger partial charge in [0.05, 0.1) is 12.7 Å². The summed E-state index contributed by atoms with van der Waals surface area (Å²) in [6.07, 6.45) is 5.68. The van der Waals surface area contributed by atoms with E-state index in [9.17, 15) is 8.42 Å². The molecule has 126 valence electrons. The van der Waals surface area contributed by atoms with E-state index in [1.54, 1.807) is 9.08 Å². The molecule has 8 nitrogen and oxygen atoms in total. The van der Waals surface area contributed by atoms with E-state index in [0.29, 0.717) is 23.9 Å². The van der Waals surface area contributed by atoms with E-state index in [4.69, 9.17) is 0 Å². The standard InChI is InChI=1S/C15H18N6O2S/c1-11-2-5-13-18-19-14(20(13)9-11)8-17-24(22,23)15-6-7-16-21(15)10-12-3-4-12/h2,5-7,9,12,17H,3-4,8,10H2,1H3. The molecule has 1 saturated carbocycles. The Hall–Kier alpha value is -2.26. The molecule has 1 aliphatic carbocycles. The Morgan fingerprint density at radius 3 is 2.88 bits per heavy atom. The molecule has 4 rings (SSSR count). The van der Waals surface area contributed by atoms with Gasteiger partial charge in [-0.1, -0.05) is 6.07 Å². The van der Waals surface area contributed by atoms with Crippen LogP contribution in [0.1, 0.15) is 24.2 Å². The Morgan fingerprint density at radius 2 is 2.08 bits per heavy atom. The second-order valence-electron chi connectivity index (χ2n) is 6.17. The molecular formula is C15H18N6O2S. The van der Waals surface area contributed by atoms with E-state index in [-0.39, 0.29) is 11.6 Å². The molecule has 0 spiro atoms. The van der Waals surface area contributed by atoms with Gasteiger partial charge in [-0.15, -0.1) is 10.2 Å². The maximum Gasteiger partial charge on any atom is 0.258 e. The maximum atomic E-state index is 12.6. The molecule has 9 heteroatoms. The van der Waals surface area contributed by atoms with Crippen molar-refractivity contribution in [3.63, 3.8) is 0 Å². The molecule has 0 unspecified atom stereocenters. The van der Waals surface area contributed by atoms with Crippen molar-refractivity contribution in [1.29, 1.82) is 0 Å². The molecule has 0 bridgehead atoms. The Labute approximate surface area is 139 Å². The van der Waals surface area contributed by atoms with Crippen molar-refractivity contribution in [3.8, 4) is 0 Å². The molecule has 0 aliphatic heterocycles. The minimum Gasteiger partial charge on any atom is -0.285 e. The number of hydrogen-bond donors (Lipinski definition) is 1. The Kier molecular flexibility index (Phi) is 3.61. The number of aryl methyl sites for hydroxylation is 1. The number of sulfonamides is 1. The number of hydrogen-bond acceptors (Lipinski definition) is 5. The second-order valence-corrected chi connectivity index (χ2v) is 7.88. The van der Waals surface area contributed by atoms with Crippen LogP contribution in [0.3, 0.4) is 0 Å². The zero-order valence-electron chi connectivity index (χ0n) is 13.3. The zero-order chi connectivity index (χ0) is 16.7. The summed E-state index contributed by atoms with van der Waals surface area (Å²) in [5.74, 6) is 1.09. The lowest BCUT2D eigenvalue weighted by Gasteiger charge is -2.09. The lowest BCUT2D eigenvalue weighted by molar-refractivity contribution is 0.501. The van der Waals surface area contributed by atoms with Crippen molar-refractivity contribution in [2.75, 3.05) is 0 Å². The summed E-state index contributed by atoms with van der Waals surface area (Å²) in [4.78, 5) is 0. The summed E-state index contributed by atoms with van der Waals surface area (Å²) in [6, 6.07) is 5.32. The topological polar surface area (TPSA) is 94.2 Å². The number of nitrogens with zero attached hydrogens (tertiary/aromatic N) is 5. The van der Waals surface area contributed by atoms with Crippen molar-refractivity contribution in [1.82, 2.24) is 29.1 Å². The second kappa shape index (κ2) is 5.67. The molecule has 0 amide bonds. The third kappa shape index (κ3) is 2.92. The smallest absolute Gasteiger partial charge is 0.258 e. The van der Waals surface area contributed by atoms with Gasteiger partial charge in [-0.2, -0.15) is 5.10 Å². The molecule has 24 heavy (non-hydrogen) atoms. The molecule has 1 aliphatic rings. The number of pyridine rings is 1.